The highest BCUT2D eigenvalue weighted by atomic mass is 16.8. The van der Waals surface area contributed by atoms with Crippen molar-refractivity contribution < 1.29 is 80.9 Å². The molecule has 0 amide bonds. The summed E-state index contributed by atoms with van der Waals surface area (Å²) in [6, 6.07) is 4.39. The van der Waals surface area contributed by atoms with Crippen LogP contribution in [-0.4, -0.2) is 107 Å². The molecule has 0 N–H and O–H groups in total. The van der Waals surface area contributed by atoms with Gasteiger partial charge < -0.3 is 52.1 Å². The Bertz CT molecular complexity index is 1500. The summed E-state index contributed by atoms with van der Waals surface area (Å²) < 4.78 is 61.5. The highest BCUT2D eigenvalue weighted by Gasteiger charge is 2.57. The molecule has 0 aromatic heterocycles. The minimum Gasteiger partial charge on any atom is -0.497 e. The molecular formula is C34H42O17. The van der Waals surface area contributed by atoms with Gasteiger partial charge in [-0.2, -0.15) is 0 Å². The Labute approximate surface area is 293 Å². The monoisotopic (exact) mass is 722 g/mol. The van der Waals surface area contributed by atoms with Crippen LogP contribution in [0.25, 0.3) is 0 Å². The van der Waals surface area contributed by atoms with E-state index >= 15 is 0 Å². The molecule has 10 atom stereocenters. The number of ether oxygens (including phenoxy) is 11. The summed E-state index contributed by atoms with van der Waals surface area (Å²) in [7, 11) is 4.03. The van der Waals surface area contributed by atoms with Gasteiger partial charge in [-0.3, -0.25) is 19.2 Å². The van der Waals surface area contributed by atoms with Crippen molar-refractivity contribution in [3.8, 4) is 11.5 Å². The molecule has 0 radical (unpaired) electrons. The standard InChI is InChI=1S/C34H42O17/c1-15-25(46-16(2)35)12-23-24(32(40)43-8)13-45-33(27(15)23)51-34-30(49-19(5)38)29(48-18(4)37)28(47-17(3)36)26(50-34)14-44-31(39)20-9-21(41-6)11-22(10-20)42-7/h9-11,13,15,23,25-30,33-34H,12,14H2,1-8H3/t15-,23+,25-,26+,27+,28+,29-,30+,33-,34-/m0/s1. The van der Waals surface area contributed by atoms with Gasteiger partial charge in [0, 0.05) is 51.5 Å². The number of methoxy groups -OCH3 is 3. The number of hydrogen-bond acceptors (Lipinski definition) is 17. The van der Waals surface area contributed by atoms with Gasteiger partial charge >= 0.3 is 35.8 Å². The molecule has 3 aliphatic rings. The van der Waals surface area contributed by atoms with Crippen LogP contribution in [0.3, 0.4) is 0 Å². The van der Waals surface area contributed by atoms with Crippen LogP contribution in [0.2, 0.25) is 0 Å². The molecule has 4 rings (SSSR count). The third kappa shape index (κ3) is 9.26. The van der Waals surface area contributed by atoms with Gasteiger partial charge in [-0.1, -0.05) is 6.92 Å². The zero-order valence-corrected chi connectivity index (χ0v) is 29.4. The first kappa shape index (κ1) is 38.9. The number of carbonyl (C=O) groups is 6. The van der Waals surface area contributed by atoms with Crippen molar-refractivity contribution >= 4 is 35.8 Å². The second-order valence-electron chi connectivity index (χ2n) is 12.1. The highest BCUT2D eigenvalue weighted by molar-refractivity contribution is 5.90. The number of fused-ring (bicyclic) bond motifs is 1. The van der Waals surface area contributed by atoms with Crippen molar-refractivity contribution in [1.82, 2.24) is 0 Å². The largest absolute Gasteiger partial charge is 0.497 e. The molecule has 1 aliphatic carbocycles. The van der Waals surface area contributed by atoms with E-state index in [0.29, 0.717) is 11.5 Å². The molecule has 0 bridgehead atoms. The van der Waals surface area contributed by atoms with Crippen molar-refractivity contribution in [1.29, 1.82) is 0 Å². The average Bonchev–Trinajstić information content (AvgIpc) is 3.40. The smallest absolute Gasteiger partial charge is 0.338 e. The van der Waals surface area contributed by atoms with E-state index in [4.69, 9.17) is 52.1 Å². The Morgan fingerprint density at radius 2 is 1.29 bits per heavy atom. The lowest BCUT2D eigenvalue weighted by molar-refractivity contribution is -0.344. The van der Waals surface area contributed by atoms with E-state index in [2.05, 4.69) is 0 Å². The van der Waals surface area contributed by atoms with Gasteiger partial charge in [-0.25, -0.2) is 9.59 Å². The van der Waals surface area contributed by atoms with E-state index in [0.717, 1.165) is 20.8 Å². The fraction of sp³-hybridized carbons (Fsp3) is 0.588. The van der Waals surface area contributed by atoms with Crippen molar-refractivity contribution in [2.45, 2.75) is 84.1 Å². The van der Waals surface area contributed by atoms with Gasteiger partial charge in [0.05, 0.1) is 38.7 Å². The third-order valence-corrected chi connectivity index (χ3v) is 8.66. The number of esters is 6. The quantitative estimate of drug-likeness (QED) is 0.224. The molecular weight excluding hydrogens is 680 g/mol. The van der Waals surface area contributed by atoms with Crippen LogP contribution in [0.4, 0.5) is 0 Å². The van der Waals surface area contributed by atoms with Crippen molar-refractivity contribution in [3.63, 3.8) is 0 Å². The van der Waals surface area contributed by atoms with Gasteiger partial charge in [0.1, 0.15) is 30.3 Å². The summed E-state index contributed by atoms with van der Waals surface area (Å²) in [5, 5.41) is 0. The molecule has 280 valence electrons. The molecule has 0 unspecified atom stereocenters. The second kappa shape index (κ2) is 16.9. The minimum absolute atomic E-state index is 0.0561. The van der Waals surface area contributed by atoms with Crippen molar-refractivity contribution in [2.24, 2.45) is 17.8 Å². The summed E-state index contributed by atoms with van der Waals surface area (Å²) >= 11 is 0. The van der Waals surface area contributed by atoms with E-state index in [1.54, 1.807) is 13.0 Å². The number of benzene rings is 1. The Morgan fingerprint density at radius 3 is 1.84 bits per heavy atom. The van der Waals surface area contributed by atoms with Crippen LogP contribution in [0.5, 0.6) is 11.5 Å². The van der Waals surface area contributed by atoms with Crippen LogP contribution in [0.1, 0.15) is 51.4 Å². The van der Waals surface area contributed by atoms with E-state index in [1.807, 2.05) is 0 Å². The van der Waals surface area contributed by atoms with E-state index in [1.165, 1.54) is 46.6 Å². The lowest BCUT2D eigenvalue weighted by Crippen LogP contribution is -2.63. The Morgan fingerprint density at radius 1 is 0.725 bits per heavy atom. The summed E-state index contributed by atoms with van der Waals surface area (Å²) in [5.74, 6) is -5.47. The first-order valence-corrected chi connectivity index (χ1v) is 16.0. The van der Waals surface area contributed by atoms with Gasteiger partial charge in [0.25, 0.3) is 0 Å². The Balaban J connectivity index is 1.70. The van der Waals surface area contributed by atoms with Crippen LogP contribution in [0, 0.1) is 17.8 Å². The van der Waals surface area contributed by atoms with E-state index < -0.39 is 103 Å². The molecule has 17 nitrogen and oxygen atoms in total. The van der Waals surface area contributed by atoms with Gasteiger partial charge in [0.15, 0.2) is 18.3 Å². The lowest BCUT2D eigenvalue weighted by atomic mass is 9.83. The van der Waals surface area contributed by atoms with E-state index in [-0.39, 0.29) is 17.6 Å². The molecule has 2 fully saturated rings. The lowest BCUT2D eigenvalue weighted by Gasteiger charge is -2.46. The minimum atomic E-state index is -1.59. The Hall–Kier alpha value is -4.90. The fourth-order valence-corrected chi connectivity index (χ4v) is 6.53. The average molecular weight is 723 g/mol. The zero-order valence-electron chi connectivity index (χ0n) is 29.4. The van der Waals surface area contributed by atoms with Gasteiger partial charge in [-0.15, -0.1) is 0 Å². The first-order chi connectivity index (χ1) is 24.2. The molecule has 2 aliphatic heterocycles. The predicted octanol–water partition coefficient (Wildman–Crippen LogP) is 2.01. The van der Waals surface area contributed by atoms with Crippen molar-refractivity contribution in [3.05, 3.63) is 35.6 Å². The van der Waals surface area contributed by atoms with Gasteiger partial charge in [0.2, 0.25) is 12.6 Å². The molecule has 1 saturated carbocycles. The van der Waals surface area contributed by atoms with Crippen LogP contribution >= 0.6 is 0 Å². The third-order valence-electron chi connectivity index (χ3n) is 8.66. The molecule has 1 saturated heterocycles. The molecule has 1 aromatic rings. The first-order valence-electron chi connectivity index (χ1n) is 16.0. The summed E-state index contributed by atoms with van der Waals surface area (Å²) in [5.41, 5.74) is 0.247. The maximum Gasteiger partial charge on any atom is 0.338 e. The molecule has 51 heavy (non-hydrogen) atoms. The highest BCUT2D eigenvalue weighted by Crippen LogP contribution is 2.49. The Kier molecular flexibility index (Phi) is 12.9. The van der Waals surface area contributed by atoms with E-state index in [9.17, 15) is 28.8 Å². The zero-order chi connectivity index (χ0) is 37.6. The second-order valence-corrected chi connectivity index (χ2v) is 12.1. The molecule has 17 heteroatoms. The molecule has 1 aromatic carbocycles. The maximum atomic E-state index is 13.2. The summed E-state index contributed by atoms with van der Waals surface area (Å²) in [4.78, 5) is 74.9. The number of hydrogen-bond donors (Lipinski definition) is 0. The summed E-state index contributed by atoms with van der Waals surface area (Å²) in [6.45, 7) is 5.77. The van der Waals surface area contributed by atoms with Crippen LogP contribution in [0.15, 0.2) is 30.0 Å². The number of carbonyl (C=O) groups excluding carboxylic acids is 6. The molecule has 0 spiro atoms. The van der Waals surface area contributed by atoms with Gasteiger partial charge in [-0.05, 0) is 18.6 Å². The maximum absolute atomic E-state index is 13.2. The normalized spacial score (nSPS) is 29.5. The summed E-state index contributed by atoms with van der Waals surface area (Å²) in [6.07, 6.45) is -7.90. The predicted molar refractivity (Wildman–Crippen MR) is 168 cm³/mol. The molecule has 2 heterocycles. The van der Waals surface area contributed by atoms with Crippen molar-refractivity contribution in [2.75, 3.05) is 27.9 Å². The van der Waals surface area contributed by atoms with Crippen LogP contribution in [-0.2, 0) is 66.6 Å². The number of rotatable bonds is 12. The fourth-order valence-electron chi connectivity index (χ4n) is 6.53. The van der Waals surface area contributed by atoms with Crippen LogP contribution < -0.4 is 9.47 Å². The SMILES string of the molecule is COC(=O)C1=CO[C@@H](O[C@@H]2O[C@H](COC(=O)c3cc(OC)cc(OC)c3)[C@@H](OC(C)=O)[C@H](OC(C)=O)[C@H]2OC(C)=O)[C@@H]2[C@@H](C)[C@@H](OC(C)=O)C[C@H]12. The topological polar surface area (TPSA) is 204 Å².